The number of para-hydroxylation sites is 2. The quantitative estimate of drug-likeness (QED) is 0.527. The monoisotopic (exact) mass is 368 g/mol. The Morgan fingerprint density at radius 1 is 1.04 bits per heavy atom. The van der Waals surface area contributed by atoms with Crippen molar-refractivity contribution in [1.82, 2.24) is 23.9 Å². The Bertz CT molecular complexity index is 1270. The van der Waals surface area contributed by atoms with Gasteiger partial charge < -0.3 is 9.88 Å². The maximum atomic E-state index is 12.5. The molecular weight excluding hydrogens is 352 g/mol. The molecule has 0 fully saturated rings. The maximum absolute atomic E-state index is 12.5. The average molecular weight is 368 g/mol. The molecule has 5 rings (SSSR count). The summed E-state index contributed by atoms with van der Waals surface area (Å²) in [6.07, 6.45) is 7.22. The summed E-state index contributed by atoms with van der Waals surface area (Å²) < 4.78 is 3.70. The van der Waals surface area contributed by atoms with Crippen LogP contribution in [0.3, 0.4) is 0 Å². The molecule has 0 radical (unpaired) electrons. The van der Waals surface area contributed by atoms with Gasteiger partial charge in [-0.3, -0.25) is 9.20 Å². The van der Waals surface area contributed by atoms with Crippen LogP contribution in [0.5, 0.6) is 0 Å². The number of carbonyl (C=O) groups excluding carboxylic acids is 1. The van der Waals surface area contributed by atoms with E-state index in [1.807, 2.05) is 76.0 Å². The number of rotatable bonds is 4. The molecule has 0 atom stereocenters. The topological polar surface area (TPSA) is 77.1 Å². The lowest BCUT2D eigenvalue weighted by Gasteiger charge is -2.08. The first kappa shape index (κ1) is 16.2. The number of amides is 1. The molecule has 0 unspecified atom stereocenters. The van der Waals surface area contributed by atoms with Crippen LogP contribution < -0.4 is 5.32 Å². The van der Waals surface area contributed by atoms with Gasteiger partial charge in [0.2, 0.25) is 11.7 Å². The maximum Gasteiger partial charge on any atom is 0.244 e. The Morgan fingerprint density at radius 2 is 1.96 bits per heavy atom. The van der Waals surface area contributed by atoms with Crippen LogP contribution in [-0.2, 0) is 11.3 Å². The highest BCUT2D eigenvalue weighted by molar-refractivity contribution is 5.92. The van der Waals surface area contributed by atoms with Gasteiger partial charge in [-0.15, -0.1) is 0 Å². The lowest BCUT2D eigenvalue weighted by Crippen LogP contribution is -2.18. The summed E-state index contributed by atoms with van der Waals surface area (Å²) >= 11 is 0. The number of imidazole rings is 2. The molecule has 136 valence electrons. The Balaban J connectivity index is 1.37. The first-order valence-corrected chi connectivity index (χ1v) is 8.86. The zero-order valence-electron chi connectivity index (χ0n) is 14.9. The van der Waals surface area contributed by atoms with Crippen molar-refractivity contribution >= 4 is 28.4 Å². The van der Waals surface area contributed by atoms with Gasteiger partial charge in [0, 0.05) is 29.8 Å². The van der Waals surface area contributed by atoms with E-state index in [2.05, 4.69) is 20.3 Å². The molecule has 5 aromatic rings. The Morgan fingerprint density at radius 3 is 2.89 bits per heavy atom. The molecule has 0 aliphatic carbocycles. The largest absolute Gasteiger partial charge is 0.325 e. The van der Waals surface area contributed by atoms with Crippen LogP contribution in [0.4, 0.5) is 5.69 Å². The molecule has 1 amide bonds. The van der Waals surface area contributed by atoms with Crippen molar-refractivity contribution in [3.63, 3.8) is 0 Å². The number of nitrogens with zero attached hydrogens (tertiary/aromatic N) is 5. The molecule has 3 aromatic heterocycles. The van der Waals surface area contributed by atoms with E-state index >= 15 is 0 Å². The fourth-order valence-corrected chi connectivity index (χ4v) is 3.22. The third kappa shape index (κ3) is 2.99. The highest BCUT2D eigenvalue weighted by atomic mass is 16.1. The fourth-order valence-electron chi connectivity index (χ4n) is 3.22. The minimum Gasteiger partial charge on any atom is -0.325 e. The number of anilines is 1. The zero-order valence-corrected chi connectivity index (χ0v) is 14.9. The van der Waals surface area contributed by atoms with Crippen molar-refractivity contribution in [2.45, 2.75) is 6.54 Å². The normalized spacial score (nSPS) is 11.1. The molecule has 0 aliphatic rings. The first-order valence-electron chi connectivity index (χ1n) is 8.86. The molecule has 0 aliphatic heterocycles. The molecule has 2 aromatic carbocycles. The summed E-state index contributed by atoms with van der Waals surface area (Å²) in [5.74, 6) is 0.524. The molecule has 0 saturated carbocycles. The fraction of sp³-hybridized carbons (Fsp3) is 0.0476. The number of nitrogens with one attached hydrogen (secondary N) is 1. The summed E-state index contributed by atoms with van der Waals surface area (Å²) in [7, 11) is 0. The number of hydrogen-bond acceptors (Lipinski definition) is 4. The third-order valence-corrected chi connectivity index (χ3v) is 4.52. The van der Waals surface area contributed by atoms with E-state index in [1.165, 1.54) is 0 Å². The van der Waals surface area contributed by atoms with E-state index in [-0.39, 0.29) is 12.5 Å². The van der Waals surface area contributed by atoms with Crippen LogP contribution >= 0.6 is 0 Å². The first-order chi connectivity index (χ1) is 13.8. The standard InChI is InChI=1S/C21H16N6O/c28-20(13-27-14-23-17-7-1-2-8-19(17)27)24-16-6-3-5-15(11-16)18-12-26-10-4-9-22-21(26)25-18/h1-12,14H,13H2,(H,24,28). The number of benzene rings is 2. The van der Waals surface area contributed by atoms with Crippen molar-refractivity contribution in [2.24, 2.45) is 0 Å². The van der Waals surface area contributed by atoms with Gasteiger partial charge in [0.15, 0.2) is 0 Å². The second-order valence-corrected chi connectivity index (χ2v) is 6.44. The van der Waals surface area contributed by atoms with E-state index in [4.69, 9.17) is 0 Å². The van der Waals surface area contributed by atoms with Gasteiger partial charge in [0.25, 0.3) is 0 Å². The van der Waals surface area contributed by atoms with Crippen LogP contribution in [0, 0.1) is 0 Å². The number of fused-ring (bicyclic) bond motifs is 2. The molecule has 7 heteroatoms. The SMILES string of the molecule is O=C(Cn1cnc2ccccc21)Nc1cccc(-c2cn3cccnc3n2)c1. The Kier molecular flexibility index (Phi) is 3.83. The van der Waals surface area contributed by atoms with Crippen molar-refractivity contribution in [3.8, 4) is 11.3 Å². The summed E-state index contributed by atoms with van der Waals surface area (Å²) in [4.78, 5) is 25.6. The van der Waals surface area contributed by atoms with Crippen LogP contribution in [0.15, 0.2) is 79.5 Å². The molecular formula is C21H16N6O. The van der Waals surface area contributed by atoms with Crippen LogP contribution in [0.2, 0.25) is 0 Å². The van der Waals surface area contributed by atoms with E-state index in [1.54, 1.807) is 12.5 Å². The smallest absolute Gasteiger partial charge is 0.244 e. The number of hydrogen-bond donors (Lipinski definition) is 1. The lowest BCUT2D eigenvalue weighted by atomic mass is 10.1. The molecule has 0 saturated heterocycles. The number of aromatic nitrogens is 5. The van der Waals surface area contributed by atoms with E-state index in [0.717, 1.165) is 28.0 Å². The van der Waals surface area contributed by atoms with Gasteiger partial charge in [-0.25, -0.2) is 15.0 Å². The summed E-state index contributed by atoms with van der Waals surface area (Å²) in [5.41, 5.74) is 4.24. The highest BCUT2D eigenvalue weighted by Gasteiger charge is 2.09. The predicted octanol–water partition coefficient (Wildman–Crippen LogP) is 3.38. The Labute approximate surface area is 160 Å². The second kappa shape index (κ2) is 6.62. The van der Waals surface area contributed by atoms with Crippen molar-refractivity contribution in [2.75, 3.05) is 5.32 Å². The minimum absolute atomic E-state index is 0.114. The summed E-state index contributed by atoms with van der Waals surface area (Å²) in [5, 5.41) is 2.95. The van der Waals surface area contributed by atoms with Gasteiger partial charge >= 0.3 is 0 Å². The van der Waals surface area contributed by atoms with Crippen LogP contribution in [0.25, 0.3) is 28.1 Å². The van der Waals surface area contributed by atoms with E-state index < -0.39 is 0 Å². The minimum atomic E-state index is -0.114. The second-order valence-electron chi connectivity index (χ2n) is 6.44. The summed E-state index contributed by atoms with van der Waals surface area (Å²) in [6, 6.07) is 17.2. The summed E-state index contributed by atoms with van der Waals surface area (Å²) in [6.45, 7) is 0.197. The van der Waals surface area contributed by atoms with Gasteiger partial charge in [0.05, 0.1) is 23.1 Å². The van der Waals surface area contributed by atoms with Crippen molar-refractivity contribution < 1.29 is 4.79 Å². The van der Waals surface area contributed by atoms with E-state index in [9.17, 15) is 4.79 Å². The molecule has 7 nitrogen and oxygen atoms in total. The molecule has 3 heterocycles. The van der Waals surface area contributed by atoms with Crippen molar-refractivity contribution in [1.29, 1.82) is 0 Å². The zero-order chi connectivity index (χ0) is 18.9. The molecule has 28 heavy (non-hydrogen) atoms. The van der Waals surface area contributed by atoms with Gasteiger partial charge in [-0.2, -0.15) is 0 Å². The van der Waals surface area contributed by atoms with Crippen LogP contribution in [-0.4, -0.2) is 29.8 Å². The van der Waals surface area contributed by atoms with Gasteiger partial charge in [0.1, 0.15) is 6.54 Å². The third-order valence-electron chi connectivity index (χ3n) is 4.52. The lowest BCUT2D eigenvalue weighted by molar-refractivity contribution is -0.116. The molecule has 0 bridgehead atoms. The van der Waals surface area contributed by atoms with Crippen LogP contribution in [0.1, 0.15) is 0 Å². The van der Waals surface area contributed by atoms with Gasteiger partial charge in [-0.05, 0) is 30.3 Å². The van der Waals surface area contributed by atoms with Gasteiger partial charge in [-0.1, -0.05) is 24.3 Å². The predicted molar refractivity (Wildman–Crippen MR) is 107 cm³/mol. The molecule has 1 N–H and O–H groups in total. The molecule has 0 spiro atoms. The average Bonchev–Trinajstić information content (AvgIpc) is 3.33. The van der Waals surface area contributed by atoms with Crippen molar-refractivity contribution in [3.05, 3.63) is 79.5 Å². The highest BCUT2D eigenvalue weighted by Crippen LogP contribution is 2.22. The number of carbonyl (C=O) groups is 1. The Hall–Kier alpha value is -4.00. The van der Waals surface area contributed by atoms with E-state index in [0.29, 0.717) is 5.78 Å².